The topological polar surface area (TPSA) is 107 Å². The summed E-state index contributed by atoms with van der Waals surface area (Å²) in [5.41, 5.74) is 6.45. The molecule has 23 heavy (non-hydrogen) atoms. The zero-order valence-corrected chi connectivity index (χ0v) is 13.2. The number of carbonyl (C=O) groups is 1. The average Bonchev–Trinajstić information content (AvgIpc) is 2.50. The Hall–Kier alpha value is -2.80. The molecule has 0 aliphatic rings. The molecule has 0 atom stereocenters. The number of hydrogen-bond donors (Lipinski definition) is 2. The molecule has 2 rings (SSSR count). The van der Waals surface area contributed by atoms with Gasteiger partial charge >= 0.3 is 0 Å². The van der Waals surface area contributed by atoms with Crippen molar-refractivity contribution in [3.63, 3.8) is 0 Å². The summed E-state index contributed by atoms with van der Waals surface area (Å²) in [5, 5.41) is 14.7. The van der Waals surface area contributed by atoms with Crippen LogP contribution in [0.5, 0.6) is 5.75 Å². The number of nitro groups is 1. The van der Waals surface area contributed by atoms with E-state index >= 15 is 0 Å². The van der Waals surface area contributed by atoms with Gasteiger partial charge in [0.15, 0.2) is 0 Å². The Morgan fingerprint density at radius 3 is 2.57 bits per heavy atom. The summed E-state index contributed by atoms with van der Waals surface area (Å²) in [6, 6.07) is 7.28. The molecular weight excluding hydrogens is 322 g/mol. The molecule has 0 fully saturated rings. The maximum absolute atomic E-state index is 11.2. The zero-order valence-electron chi connectivity index (χ0n) is 12.4. The molecule has 0 aromatic heterocycles. The van der Waals surface area contributed by atoms with E-state index in [1.54, 1.807) is 19.1 Å². The van der Waals surface area contributed by atoms with E-state index in [1.807, 2.05) is 0 Å². The number of methoxy groups -OCH3 is 1. The van der Waals surface area contributed by atoms with Crippen molar-refractivity contribution >= 4 is 34.6 Å². The monoisotopic (exact) mass is 335 g/mol. The van der Waals surface area contributed by atoms with Gasteiger partial charge in [-0.3, -0.25) is 14.9 Å². The Morgan fingerprint density at radius 1 is 1.30 bits per heavy atom. The van der Waals surface area contributed by atoms with Crippen LogP contribution in [0.4, 0.5) is 17.1 Å². The first kappa shape index (κ1) is 16.6. The average molecular weight is 336 g/mol. The van der Waals surface area contributed by atoms with Crippen molar-refractivity contribution in [2.45, 2.75) is 6.92 Å². The molecule has 3 N–H and O–H groups in total. The molecule has 0 saturated carbocycles. The molecule has 8 heteroatoms. The molecule has 0 aliphatic carbocycles. The SMILES string of the molecule is COc1cc(Cl)c(C)cc1Nc1ccc(C(N)=O)cc1[N+](=O)[O-]. The summed E-state index contributed by atoms with van der Waals surface area (Å²) in [7, 11) is 1.47. The number of nitrogens with zero attached hydrogens (tertiary/aromatic N) is 1. The first-order chi connectivity index (χ1) is 10.8. The van der Waals surface area contributed by atoms with Gasteiger partial charge in [-0.05, 0) is 30.7 Å². The van der Waals surface area contributed by atoms with Crippen molar-refractivity contribution < 1.29 is 14.5 Å². The van der Waals surface area contributed by atoms with E-state index in [-0.39, 0.29) is 16.9 Å². The summed E-state index contributed by atoms with van der Waals surface area (Å²) in [5.74, 6) is -0.298. The summed E-state index contributed by atoms with van der Waals surface area (Å²) in [6.07, 6.45) is 0. The van der Waals surface area contributed by atoms with Crippen molar-refractivity contribution in [3.8, 4) is 5.75 Å². The van der Waals surface area contributed by atoms with Crippen LogP contribution in [0.25, 0.3) is 0 Å². The minimum absolute atomic E-state index is 0.0569. The van der Waals surface area contributed by atoms with E-state index in [1.165, 1.54) is 19.2 Å². The van der Waals surface area contributed by atoms with Gasteiger partial charge in [0, 0.05) is 22.7 Å². The molecule has 7 nitrogen and oxygen atoms in total. The second kappa shape index (κ2) is 6.53. The highest BCUT2D eigenvalue weighted by Crippen LogP contribution is 2.36. The van der Waals surface area contributed by atoms with Gasteiger partial charge in [0.05, 0.1) is 17.7 Å². The van der Waals surface area contributed by atoms with Gasteiger partial charge in [-0.25, -0.2) is 0 Å². The van der Waals surface area contributed by atoms with E-state index in [4.69, 9.17) is 22.1 Å². The molecule has 0 spiro atoms. The number of aryl methyl sites for hydroxylation is 1. The number of nitrogens with one attached hydrogen (secondary N) is 1. The Labute approximate surface area is 137 Å². The fourth-order valence-electron chi connectivity index (χ4n) is 2.02. The lowest BCUT2D eigenvalue weighted by atomic mass is 10.1. The van der Waals surface area contributed by atoms with Crippen LogP contribution in [0.1, 0.15) is 15.9 Å². The van der Waals surface area contributed by atoms with Crippen LogP contribution in [0.2, 0.25) is 5.02 Å². The van der Waals surface area contributed by atoms with Crippen molar-refractivity contribution in [1.82, 2.24) is 0 Å². The van der Waals surface area contributed by atoms with Gasteiger partial charge in [0.2, 0.25) is 5.91 Å². The third kappa shape index (κ3) is 3.51. The van der Waals surface area contributed by atoms with Crippen LogP contribution in [-0.4, -0.2) is 17.9 Å². The van der Waals surface area contributed by atoms with E-state index < -0.39 is 10.8 Å². The van der Waals surface area contributed by atoms with Crippen LogP contribution >= 0.6 is 11.6 Å². The van der Waals surface area contributed by atoms with Crippen LogP contribution in [0, 0.1) is 17.0 Å². The minimum atomic E-state index is -0.737. The molecule has 0 aliphatic heterocycles. The number of anilines is 2. The van der Waals surface area contributed by atoms with E-state index in [0.717, 1.165) is 11.6 Å². The summed E-state index contributed by atoms with van der Waals surface area (Å²) in [4.78, 5) is 21.8. The number of ether oxygens (including phenoxy) is 1. The summed E-state index contributed by atoms with van der Waals surface area (Å²) < 4.78 is 5.22. The lowest BCUT2D eigenvalue weighted by Gasteiger charge is -2.13. The lowest BCUT2D eigenvalue weighted by molar-refractivity contribution is -0.383. The van der Waals surface area contributed by atoms with Crippen LogP contribution in [0.3, 0.4) is 0 Å². The summed E-state index contributed by atoms with van der Waals surface area (Å²) >= 11 is 6.04. The van der Waals surface area contributed by atoms with Gasteiger partial charge in [-0.15, -0.1) is 0 Å². The molecule has 0 bridgehead atoms. The Morgan fingerprint density at radius 2 is 2.00 bits per heavy atom. The standard InChI is InChI=1S/C15H14ClN3O4/c1-8-5-12(14(23-2)7-10(8)16)18-11-4-3-9(15(17)20)6-13(11)19(21)22/h3-7,18H,1-2H3,(H2,17,20). The number of nitro benzene ring substituents is 1. The van der Waals surface area contributed by atoms with Gasteiger partial charge < -0.3 is 15.8 Å². The quantitative estimate of drug-likeness (QED) is 0.643. The third-order valence-electron chi connectivity index (χ3n) is 3.23. The molecule has 0 unspecified atom stereocenters. The predicted octanol–water partition coefficient (Wildman–Crippen LogP) is 3.41. The number of halogens is 1. The fraction of sp³-hybridized carbons (Fsp3) is 0.133. The molecule has 0 saturated heterocycles. The van der Waals surface area contributed by atoms with Gasteiger partial charge in [-0.1, -0.05) is 11.6 Å². The molecule has 2 aromatic rings. The largest absolute Gasteiger partial charge is 0.495 e. The first-order valence-electron chi connectivity index (χ1n) is 6.53. The molecule has 1 amide bonds. The number of primary amides is 1. The molecular formula is C15H14ClN3O4. The van der Waals surface area contributed by atoms with E-state index in [2.05, 4.69) is 5.32 Å². The fourth-order valence-corrected chi connectivity index (χ4v) is 2.17. The van der Waals surface area contributed by atoms with Crippen molar-refractivity contribution in [3.05, 3.63) is 56.6 Å². The number of benzene rings is 2. The normalized spacial score (nSPS) is 10.2. The van der Waals surface area contributed by atoms with Crippen LogP contribution in [-0.2, 0) is 0 Å². The number of amides is 1. The van der Waals surface area contributed by atoms with E-state index in [9.17, 15) is 14.9 Å². The Bertz CT molecular complexity index is 793. The number of rotatable bonds is 5. The van der Waals surface area contributed by atoms with Crippen molar-refractivity contribution in [2.24, 2.45) is 5.73 Å². The predicted molar refractivity (Wildman–Crippen MR) is 87.6 cm³/mol. The van der Waals surface area contributed by atoms with Gasteiger partial charge in [0.25, 0.3) is 5.69 Å². The summed E-state index contributed by atoms with van der Waals surface area (Å²) in [6.45, 7) is 1.80. The molecule has 0 heterocycles. The number of nitrogens with two attached hydrogens (primary N) is 1. The minimum Gasteiger partial charge on any atom is -0.495 e. The third-order valence-corrected chi connectivity index (χ3v) is 3.64. The van der Waals surface area contributed by atoms with Crippen LogP contribution < -0.4 is 15.8 Å². The highest BCUT2D eigenvalue weighted by molar-refractivity contribution is 6.31. The number of carbonyl (C=O) groups excluding carboxylic acids is 1. The van der Waals surface area contributed by atoms with Crippen LogP contribution in [0.15, 0.2) is 30.3 Å². The second-order valence-electron chi connectivity index (χ2n) is 4.78. The molecule has 120 valence electrons. The molecule has 0 radical (unpaired) electrons. The first-order valence-corrected chi connectivity index (χ1v) is 6.90. The number of hydrogen-bond acceptors (Lipinski definition) is 5. The smallest absolute Gasteiger partial charge is 0.293 e. The highest BCUT2D eigenvalue weighted by atomic mass is 35.5. The maximum Gasteiger partial charge on any atom is 0.293 e. The highest BCUT2D eigenvalue weighted by Gasteiger charge is 2.18. The van der Waals surface area contributed by atoms with Gasteiger partial charge in [0.1, 0.15) is 11.4 Å². The van der Waals surface area contributed by atoms with Crippen molar-refractivity contribution in [1.29, 1.82) is 0 Å². The van der Waals surface area contributed by atoms with Crippen molar-refractivity contribution in [2.75, 3.05) is 12.4 Å². The Balaban J connectivity index is 2.50. The molecule has 2 aromatic carbocycles. The zero-order chi connectivity index (χ0) is 17.1. The lowest BCUT2D eigenvalue weighted by Crippen LogP contribution is -2.11. The van der Waals surface area contributed by atoms with Gasteiger partial charge in [-0.2, -0.15) is 0 Å². The Kier molecular flexibility index (Phi) is 4.71. The van der Waals surface area contributed by atoms with E-state index in [0.29, 0.717) is 16.5 Å². The second-order valence-corrected chi connectivity index (χ2v) is 5.19. The maximum atomic E-state index is 11.2.